The minimum absolute atomic E-state index is 0.0947. The third kappa shape index (κ3) is 4.54. The highest BCUT2D eigenvalue weighted by atomic mass is 16.2. The molecule has 0 fully saturated rings. The Balaban J connectivity index is 1.40. The van der Waals surface area contributed by atoms with Gasteiger partial charge in [-0.25, -0.2) is 4.98 Å². The summed E-state index contributed by atoms with van der Waals surface area (Å²) in [4.78, 5) is 28.3. The number of aromatic nitrogens is 2. The maximum absolute atomic E-state index is 12.5. The van der Waals surface area contributed by atoms with Crippen LogP contribution < -0.4 is 10.6 Å². The first-order chi connectivity index (χ1) is 14.1. The molecular weight excluding hydrogens is 364 g/mol. The molecule has 1 aliphatic rings. The first-order valence-corrected chi connectivity index (χ1v) is 9.85. The number of nitrogens with zero attached hydrogens (tertiary/aromatic N) is 2. The fourth-order valence-corrected chi connectivity index (χ4v) is 3.57. The third-order valence-electron chi connectivity index (χ3n) is 5.07. The summed E-state index contributed by atoms with van der Waals surface area (Å²) in [5.74, 6) is 0.918. The Morgan fingerprint density at radius 1 is 1.03 bits per heavy atom. The van der Waals surface area contributed by atoms with Crippen LogP contribution in [0, 0.1) is 0 Å². The van der Waals surface area contributed by atoms with E-state index < -0.39 is 0 Å². The number of aryl methyl sites for hydroxylation is 2. The zero-order valence-corrected chi connectivity index (χ0v) is 16.4. The van der Waals surface area contributed by atoms with Gasteiger partial charge in [-0.05, 0) is 35.7 Å². The lowest BCUT2D eigenvalue weighted by Gasteiger charge is -2.08. The summed E-state index contributed by atoms with van der Waals surface area (Å²) in [6, 6.07) is 15.4. The molecule has 29 heavy (non-hydrogen) atoms. The van der Waals surface area contributed by atoms with E-state index in [-0.39, 0.29) is 11.8 Å². The van der Waals surface area contributed by atoms with Gasteiger partial charge in [-0.1, -0.05) is 30.3 Å². The SMILES string of the molecule is CC(=O)NCc1cccc(C(=O)NCc2cccc(-c3cn4c(n3)CCC4)c2)c1. The van der Waals surface area contributed by atoms with Crippen molar-refractivity contribution in [2.24, 2.45) is 0 Å². The van der Waals surface area contributed by atoms with Crippen molar-refractivity contribution in [1.29, 1.82) is 0 Å². The monoisotopic (exact) mass is 388 g/mol. The lowest BCUT2D eigenvalue weighted by molar-refractivity contribution is -0.119. The van der Waals surface area contributed by atoms with E-state index in [4.69, 9.17) is 4.98 Å². The van der Waals surface area contributed by atoms with Gasteiger partial charge in [0.15, 0.2) is 0 Å². The molecule has 2 heterocycles. The average molecular weight is 388 g/mol. The molecule has 0 unspecified atom stereocenters. The van der Waals surface area contributed by atoms with Crippen LogP contribution in [0.5, 0.6) is 0 Å². The van der Waals surface area contributed by atoms with Crippen molar-refractivity contribution >= 4 is 11.8 Å². The van der Waals surface area contributed by atoms with E-state index in [2.05, 4.69) is 33.5 Å². The Hall–Kier alpha value is -3.41. The van der Waals surface area contributed by atoms with Crippen molar-refractivity contribution in [2.45, 2.75) is 39.4 Å². The minimum atomic E-state index is -0.138. The van der Waals surface area contributed by atoms with Crippen LogP contribution in [0.1, 0.15) is 40.7 Å². The number of fused-ring (bicyclic) bond motifs is 1. The van der Waals surface area contributed by atoms with E-state index in [9.17, 15) is 9.59 Å². The highest BCUT2D eigenvalue weighted by Gasteiger charge is 2.14. The van der Waals surface area contributed by atoms with Crippen LogP contribution in [0.25, 0.3) is 11.3 Å². The van der Waals surface area contributed by atoms with Gasteiger partial charge in [-0.3, -0.25) is 9.59 Å². The van der Waals surface area contributed by atoms with Gasteiger partial charge in [0.05, 0.1) is 5.69 Å². The van der Waals surface area contributed by atoms with Gasteiger partial charge < -0.3 is 15.2 Å². The number of hydrogen-bond donors (Lipinski definition) is 2. The summed E-state index contributed by atoms with van der Waals surface area (Å²) in [7, 11) is 0. The molecule has 2 N–H and O–H groups in total. The van der Waals surface area contributed by atoms with Gasteiger partial charge in [0.2, 0.25) is 5.91 Å². The highest BCUT2D eigenvalue weighted by Crippen LogP contribution is 2.23. The van der Waals surface area contributed by atoms with Gasteiger partial charge in [0.1, 0.15) is 5.82 Å². The van der Waals surface area contributed by atoms with Crippen LogP contribution in [0.4, 0.5) is 0 Å². The van der Waals surface area contributed by atoms with Gasteiger partial charge in [0, 0.05) is 50.3 Å². The Morgan fingerprint density at radius 2 is 1.79 bits per heavy atom. The number of carbonyl (C=O) groups is 2. The molecule has 3 aromatic rings. The van der Waals surface area contributed by atoms with Gasteiger partial charge in [-0.2, -0.15) is 0 Å². The predicted octanol–water partition coefficient (Wildman–Crippen LogP) is 3.06. The summed E-state index contributed by atoms with van der Waals surface area (Å²) in [6.07, 6.45) is 4.32. The zero-order chi connectivity index (χ0) is 20.2. The fourth-order valence-electron chi connectivity index (χ4n) is 3.57. The van der Waals surface area contributed by atoms with Crippen molar-refractivity contribution in [2.75, 3.05) is 0 Å². The molecule has 6 heteroatoms. The van der Waals surface area contributed by atoms with Crippen molar-refractivity contribution in [1.82, 2.24) is 20.2 Å². The fraction of sp³-hybridized carbons (Fsp3) is 0.261. The van der Waals surface area contributed by atoms with Crippen LogP contribution in [0.15, 0.2) is 54.7 Å². The van der Waals surface area contributed by atoms with E-state index in [0.29, 0.717) is 18.7 Å². The van der Waals surface area contributed by atoms with E-state index in [1.165, 1.54) is 13.3 Å². The summed E-state index contributed by atoms with van der Waals surface area (Å²) in [5.41, 5.74) is 4.55. The van der Waals surface area contributed by atoms with Crippen molar-refractivity contribution in [3.05, 3.63) is 77.2 Å². The third-order valence-corrected chi connectivity index (χ3v) is 5.07. The predicted molar refractivity (Wildman–Crippen MR) is 111 cm³/mol. The summed E-state index contributed by atoms with van der Waals surface area (Å²) in [6.45, 7) is 3.37. The maximum Gasteiger partial charge on any atom is 0.251 e. The number of hydrogen-bond acceptors (Lipinski definition) is 3. The highest BCUT2D eigenvalue weighted by molar-refractivity contribution is 5.94. The molecule has 0 aliphatic carbocycles. The topological polar surface area (TPSA) is 76.0 Å². The van der Waals surface area contributed by atoms with Crippen molar-refractivity contribution < 1.29 is 9.59 Å². The smallest absolute Gasteiger partial charge is 0.251 e. The molecule has 2 amide bonds. The molecule has 148 valence electrons. The zero-order valence-electron chi connectivity index (χ0n) is 16.4. The first kappa shape index (κ1) is 18.9. The molecular formula is C23H24N4O2. The summed E-state index contributed by atoms with van der Waals surface area (Å²) < 4.78 is 2.22. The van der Waals surface area contributed by atoms with Gasteiger partial charge >= 0.3 is 0 Å². The number of rotatable bonds is 6. The van der Waals surface area contributed by atoms with Crippen LogP contribution in [0.2, 0.25) is 0 Å². The molecule has 0 saturated carbocycles. The lowest BCUT2D eigenvalue weighted by atomic mass is 10.1. The molecule has 0 spiro atoms. The standard InChI is InChI=1S/C23H24N4O2/c1-16(28)24-13-18-6-3-8-20(12-18)23(29)25-14-17-5-2-7-19(11-17)21-15-27-10-4-9-22(27)26-21/h2-3,5-8,11-12,15H,4,9-10,13-14H2,1H3,(H,24,28)(H,25,29). The number of carbonyl (C=O) groups excluding carboxylic acids is 2. The second-order valence-corrected chi connectivity index (χ2v) is 7.33. The van der Waals surface area contributed by atoms with Gasteiger partial charge in [0.25, 0.3) is 5.91 Å². The molecule has 0 saturated heterocycles. The largest absolute Gasteiger partial charge is 0.352 e. The van der Waals surface area contributed by atoms with Crippen molar-refractivity contribution in [3.63, 3.8) is 0 Å². The van der Waals surface area contributed by atoms with Crippen LogP contribution in [0.3, 0.4) is 0 Å². The number of benzene rings is 2. The van der Waals surface area contributed by atoms with E-state index in [1.54, 1.807) is 12.1 Å². The van der Waals surface area contributed by atoms with Crippen molar-refractivity contribution in [3.8, 4) is 11.3 Å². The first-order valence-electron chi connectivity index (χ1n) is 9.85. The Bertz CT molecular complexity index is 1030. The quantitative estimate of drug-likeness (QED) is 0.681. The van der Waals surface area contributed by atoms with Gasteiger partial charge in [-0.15, -0.1) is 0 Å². The molecule has 0 atom stereocenters. The molecule has 1 aliphatic heterocycles. The van der Waals surface area contributed by atoms with Crippen LogP contribution in [-0.4, -0.2) is 21.4 Å². The van der Waals surface area contributed by atoms with Crippen LogP contribution in [-0.2, 0) is 30.8 Å². The van der Waals surface area contributed by atoms with Crippen LogP contribution >= 0.6 is 0 Å². The molecule has 6 nitrogen and oxygen atoms in total. The Kier molecular flexibility index (Phi) is 5.42. The molecule has 0 radical (unpaired) electrons. The molecule has 4 rings (SSSR count). The van der Waals surface area contributed by atoms with E-state index >= 15 is 0 Å². The van der Waals surface area contributed by atoms with E-state index in [1.807, 2.05) is 24.3 Å². The molecule has 0 bridgehead atoms. The normalized spacial score (nSPS) is 12.4. The number of amides is 2. The number of imidazole rings is 1. The molecule has 2 aromatic carbocycles. The number of nitrogens with one attached hydrogen (secondary N) is 2. The molecule has 1 aromatic heterocycles. The maximum atomic E-state index is 12.5. The summed E-state index contributed by atoms with van der Waals surface area (Å²) in [5, 5.41) is 5.72. The average Bonchev–Trinajstić information content (AvgIpc) is 3.33. The minimum Gasteiger partial charge on any atom is -0.352 e. The summed E-state index contributed by atoms with van der Waals surface area (Å²) >= 11 is 0. The second-order valence-electron chi connectivity index (χ2n) is 7.33. The lowest BCUT2D eigenvalue weighted by Crippen LogP contribution is -2.23. The second kappa shape index (κ2) is 8.31. The van der Waals surface area contributed by atoms with E-state index in [0.717, 1.165) is 41.2 Å². The Morgan fingerprint density at radius 3 is 2.59 bits per heavy atom. The Labute approximate surface area is 170 Å².